The van der Waals surface area contributed by atoms with Gasteiger partial charge in [0.15, 0.2) is 0 Å². The number of hydrogen-bond donors (Lipinski definition) is 1. The zero-order valence-electron chi connectivity index (χ0n) is 12.3. The number of ether oxygens (including phenoxy) is 1. The Bertz CT molecular complexity index is 335. The molecule has 3 heteroatoms. The minimum Gasteiger partial charge on any atom is -0.383 e. The van der Waals surface area contributed by atoms with Crippen LogP contribution in [0.3, 0.4) is 0 Å². The highest BCUT2D eigenvalue weighted by Gasteiger charge is 2.14. The fourth-order valence-corrected chi connectivity index (χ4v) is 1.88. The summed E-state index contributed by atoms with van der Waals surface area (Å²) in [6.45, 7) is 9.49. The zero-order valence-corrected chi connectivity index (χ0v) is 12.3. The summed E-state index contributed by atoms with van der Waals surface area (Å²) in [4.78, 5) is 4.48. The van der Waals surface area contributed by atoms with Gasteiger partial charge in [-0.2, -0.15) is 0 Å². The molecule has 102 valence electrons. The lowest BCUT2D eigenvalue weighted by Crippen LogP contribution is -2.25. The summed E-state index contributed by atoms with van der Waals surface area (Å²) >= 11 is 0. The first-order valence-electron chi connectivity index (χ1n) is 6.69. The van der Waals surface area contributed by atoms with E-state index in [9.17, 15) is 0 Å². The van der Waals surface area contributed by atoms with Crippen molar-refractivity contribution in [2.24, 2.45) is 0 Å². The lowest BCUT2D eigenvalue weighted by molar-refractivity contribution is 0.182. The van der Waals surface area contributed by atoms with Crippen molar-refractivity contribution in [2.75, 3.05) is 19.0 Å². The maximum Gasteiger partial charge on any atom is 0.126 e. The first-order valence-corrected chi connectivity index (χ1v) is 6.69. The average molecular weight is 250 g/mol. The van der Waals surface area contributed by atoms with Gasteiger partial charge in [0.1, 0.15) is 5.82 Å². The normalized spacial score (nSPS) is 13.4. The molecule has 1 heterocycles. The summed E-state index contributed by atoms with van der Waals surface area (Å²) in [5.74, 6) is 0.929. The van der Waals surface area contributed by atoms with Crippen molar-refractivity contribution in [3.8, 4) is 0 Å². The molecule has 0 bridgehead atoms. The summed E-state index contributed by atoms with van der Waals surface area (Å²) in [5, 5.41) is 3.42. The maximum absolute atomic E-state index is 5.22. The molecule has 0 fully saturated rings. The molecule has 0 aromatic carbocycles. The van der Waals surface area contributed by atoms with Crippen LogP contribution in [0.2, 0.25) is 0 Å². The minimum absolute atomic E-state index is 0.154. The Balaban J connectivity index is 2.67. The largest absolute Gasteiger partial charge is 0.383 e. The fourth-order valence-electron chi connectivity index (χ4n) is 1.88. The predicted octanol–water partition coefficient (Wildman–Crippen LogP) is 3.61. The molecule has 1 aromatic heterocycles. The highest BCUT2D eigenvalue weighted by molar-refractivity contribution is 5.38. The summed E-state index contributed by atoms with van der Waals surface area (Å²) in [7, 11) is 1.74. The molecule has 0 spiro atoms. The van der Waals surface area contributed by atoms with E-state index in [1.54, 1.807) is 7.11 Å². The Morgan fingerprint density at radius 3 is 2.50 bits per heavy atom. The first kappa shape index (κ1) is 15.0. The first-order chi connectivity index (χ1) is 8.47. The molecular weight excluding hydrogens is 224 g/mol. The monoisotopic (exact) mass is 250 g/mol. The molecule has 0 saturated carbocycles. The maximum atomic E-state index is 5.22. The third kappa shape index (κ3) is 4.65. The van der Waals surface area contributed by atoms with Crippen molar-refractivity contribution in [1.82, 2.24) is 4.98 Å². The van der Waals surface area contributed by atoms with Crippen LogP contribution >= 0.6 is 0 Å². The molecule has 0 saturated heterocycles. The Kier molecular flexibility index (Phi) is 5.60. The molecule has 1 atom stereocenters. The van der Waals surface area contributed by atoms with Gasteiger partial charge in [-0.1, -0.05) is 40.2 Å². The van der Waals surface area contributed by atoms with Crippen molar-refractivity contribution in [1.29, 1.82) is 0 Å². The smallest absolute Gasteiger partial charge is 0.126 e. The van der Waals surface area contributed by atoms with Gasteiger partial charge in [-0.05, 0) is 23.5 Å². The van der Waals surface area contributed by atoms with E-state index in [2.05, 4.69) is 50.1 Å². The lowest BCUT2D eigenvalue weighted by Gasteiger charge is -2.20. The van der Waals surface area contributed by atoms with Gasteiger partial charge in [-0.25, -0.2) is 4.98 Å². The van der Waals surface area contributed by atoms with E-state index >= 15 is 0 Å². The Morgan fingerprint density at radius 2 is 2.06 bits per heavy atom. The summed E-state index contributed by atoms with van der Waals surface area (Å²) < 4.78 is 5.22. The van der Waals surface area contributed by atoms with E-state index in [-0.39, 0.29) is 5.41 Å². The number of rotatable bonds is 6. The van der Waals surface area contributed by atoms with Gasteiger partial charge in [0, 0.05) is 13.3 Å². The molecule has 0 aliphatic heterocycles. The summed E-state index contributed by atoms with van der Waals surface area (Å²) in [6, 6.07) is 4.54. The van der Waals surface area contributed by atoms with E-state index in [4.69, 9.17) is 4.74 Å². The van der Waals surface area contributed by atoms with E-state index in [0.717, 1.165) is 25.3 Å². The molecule has 1 N–H and O–H groups in total. The molecule has 1 aromatic rings. The van der Waals surface area contributed by atoms with Crippen LogP contribution in [0, 0.1) is 0 Å². The number of methoxy groups -OCH3 is 1. The fraction of sp³-hybridized carbons (Fsp3) is 0.667. The van der Waals surface area contributed by atoms with E-state index in [1.165, 1.54) is 5.56 Å². The summed E-state index contributed by atoms with van der Waals surface area (Å²) in [5.41, 5.74) is 1.41. The zero-order chi connectivity index (χ0) is 13.6. The minimum atomic E-state index is 0.154. The van der Waals surface area contributed by atoms with Crippen molar-refractivity contribution >= 4 is 5.82 Å². The molecule has 0 radical (unpaired) electrons. The number of hydrogen-bond acceptors (Lipinski definition) is 3. The lowest BCUT2D eigenvalue weighted by atomic mass is 9.88. The highest BCUT2D eigenvalue weighted by atomic mass is 16.5. The van der Waals surface area contributed by atoms with Crippen LogP contribution < -0.4 is 5.32 Å². The Hall–Kier alpha value is -1.09. The summed E-state index contributed by atoms with van der Waals surface area (Å²) in [6.07, 6.45) is 4.19. The topological polar surface area (TPSA) is 34.1 Å². The highest BCUT2D eigenvalue weighted by Crippen LogP contribution is 2.22. The second-order valence-corrected chi connectivity index (χ2v) is 5.77. The van der Waals surface area contributed by atoms with E-state index in [1.807, 2.05) is 6.20 Å². The number of pyridine rings is 1. The van der Waals surface area contributed by atoms with Crippen molar-refractivity contribution in [3.05, 3.63) is 23.9 Å². The van der Waals surface area contributed by atoms with E-state index < -0.39 is 0 Å². The van der Waals surface area contributed by atoms with Gasteiger partial charge in [-0.3, -0.25) is 0 Å². The van der Waals surface area contributed by atoms with Gasteiger partial charge in [-0.15, -0.1) is 0 Å². The van der Waals surface area contributed by atoms with Crippen molar-refractivity contribution < 1.29 is 4.74 Å². The van der Waals surface area contributed by atoms with E-state index in [0.29, 0.717) is 6.04 Å². The molecule has 18 heavy (non-hydrogen) atoms. The van der Waals surface area contributed by atoms with Crippen molar-refractivity contribution in [3.63, 3.8) is 0 Å². The van der Waals surface area contributed by atoms with Crippen molar-refractivity contribution in [2.45, 2.75) is 52.0 Å². The standard InChI is InChI=1S/C15H26N2O/c1-6-7-13(11-18-5)17-14-9-8-12(10-16-14)15(2,3)4/h8-10,13H,6-7,11H2,1-5H3,(H,16,17). The Morgan fingerprint density at radius 1 is 1.33 bits per heavy atom. The van der Waals surface area contributed by atoms with Gasteiger partial charge in [0.25, 0.3) is 0 Å². The van der Waals surface area contributed by atoms with Gasteiger partial charge in [0.05, 0.1) is 12.6 Å². The van der Waals surface area contributed by atoms with Crippen LogP contribution in [0.1, 0.15) is 46.1 Å². The van der Waals surface area contributed by atoms with Crippen LogP contribution in [0.15, 0.2) is 18.3 Å². The third-order valence-corrected chi connectivity index (χ3v) is 2.99. The second-order valence-electron chi connectivity index (χ2n) is 5.77. The molecular formula is C15H26N2O. The second kappa shape index (κ2) is 6.74. The van der Waals surface area contributed by atoms with Crippen LogP contribution in [0.25, 0.3) is 0 Å². The SMILES string of the molecule is CCCC(COC)Nc1ccc(C(C)(C)C)cn1. The van der Waals surface area contributed by atoms with Gasteiger partial charge >= 0.3 is 0 Å². The van der Waals surface area contributed by atoms with Crippen LogP contribution in [-0.4, -0.2) is 24.7 Å². The van der Waals surface area contributed by atoms with Crippen LogP contribution in [0.5, 0.6) is 0 Å². The number of aromatic nitrogens is 1. The molecule has 3 nitrogen and oxygen atoms in total. The average Bonchev–Trinajstić information content (AvgIpc) is 2.29. The van der Waals surface area contributed by atoms with Crippen LogP contribution in [0.4, 0.5) is 5.82 Å². The molecule has 0 aliphatic carbocycles. The molecule has 1 unspecified atom stereocenters. The number of nitrogens with one attached hydrogen (secondary N) is 1. The number of anilines is 1. The quantitative estimate of drug-likeness (QED) is 0.837. The van der Waals surface area contributed by atoms with Crippen LogP contribution in [-0.2, 0) is 10.2 Å². The number of nitrogens with zero attached hydrogens (tertiary/aromatic N) is 1. The molecule has 1 rings (SSSR count). The van der Waals surface area contributed by atoms with Gasteiger partial charge < -0.3 is 10.1 Å². The van der Waals surface area contributed by atoms with Gasteiger partial charge in [0.2, 0.25) is 0 Å². The molecule has 0 aliphatic rings. The Labute approximate surface area is 111 Å². The molecule has 0 amide bonds. The third-order valence-electron chi connectivity index (χ3n) is 2.99. The predicted molar refractivity (Wildman–Crippen MR) is 77.1 cm³/mol.